The zero-order valence-corrected chi connectivity index (χ0v) is 12.8. The molecule has 23 heavy (non-hydrogen) atoms. The van der Waals surface area contributed by atoms with Crippen LogP contribution in [0.25, 0.3) is 11.1 Å². The lowest BCUT2D eigenvalue weighted by Crippen LogP contribution is -2.38. The second kappa shape index (κ2) is 6.57. The maximum atomic E-state index is 12.6. The number of carbonyl (C=O) groups excluding carboxylic acids is 1. The van der Waals surface area contributed by atoms with Crippen molar-refractivity contribution in [3.8, 4) is 11.1 Å². The van der Waals surface area contributed by atoms with E-state index in [9.17, 15) is 4.79 Å². The molecule has 112 valence electrons. The number of anilines is 1. The third kappa shape index (κ3) is 3.21. The van der Waals surface area contributed by atoms with E-state index < -0.39 is 5.94 Å². The van der Waals surface area contributed by atoms with Crippen LogP contribution in [0.1, 0.15) is 17.5 Å². The monoisotopic (exact) mass is 301 g/mol. The molecule has 0 spiro atoms. The van der Waals surface area contributed by atoms with E-state index in [2.05, 4.69) is 0 Å². The summed E-state index contributed by atoms with van der Waals surface area (Å²) in [6.07, 6.45) is 1.48. The first kappa shape index (κ1) is 15.2. The van der Waals surface area contributed by atoms with Crippen LogP contribution < -0.4 is 4.90 Å². The molecule has 0 aliphatic carbocycles. The van der Waals surface area contributed by atoms with Gasteiger partial charge in [-0.25, -0.2) is 0 Å². The smallest absolute Gasteiger partial charge is 0.293 e. The third-order valence-corrected chi connectivity index (χ3v) is 3.61. The van der Waals surface area contributed by atoms with E-state index in [1.807, 2.05) is 54.6 Å². The van der Waals surface area contributed by atoms with Gasteiger partial charge in [-0.1, -0.05) is 49.4 Å². The van der Waals surface area contributed by atoms with E-state index in [0.717, 1.165) is 16.8 Å². The lowest BCUT2D eigenvalue weighted by atomic mass is 9.95. The first-order valence-corrected chi connectivity index (χ1v) is 7.45. The van der Waals surface area contributed by atoms with E-state index in [4.69, 9.17) is 12.3 Å². The van der Waals surface area contributed by atoms with Crippen molar-refractivity contribution in [1.29, 1.82) is 0 Å². The summed E-state index contributed by atoms with van der Waals surface area (Å²) in [7, 11) is 5.99. The molecule has 0 bridgehead atoms. The molecular formula is C19H16BNO2. The zero-order chi connectivity index (χ0) is 16.2. The lowest BCUT2D eigenvalue weighted by Gasteiger charge is -2.26. The number of furan rings is 1. The molecule has 1 aromatic heterocycles. The molecule has 0 fully saturated rings. The van der Waals surface area contributed by atoms with Gasteiger partial charge in [0, 0.05) is 5.69 Å². The largest absolute Gasteiger partial charge is 0.459 e. The lowest BCUT2D eigenvalue weighted by molar-refractivity contribution is 0.0958. The van der Waals surface area contributed by atoms with E-state index in [1.54, 1.807) is 19.1 Å². The minimum atomic E-state index is -0.463. The van der Waals surface area contributed by atoms with Gasteiger partial charge in [0.2, 0.25) is 0 Å². The van der Waals surface area contributed by atoms with Gasteiger partial charge < -0.3 is 9.32 Å². The number of amides is 1. The summed E-state index contributed by atoms with van der Waals surface area (Å²) in [5.41, 5.74) is 2.95. The Kier molecular flexibility index (Phi) is 4.33. The van der Waals surface area contributed by atoms with E-state index in [0.29, 0.717) is 0 Å². The molecule has 2 radical (unpaired) electrons. The van der Waals surface area contributed by atoms with Crippen LogP contribution in [0.4, 0.5) is 5.69 Å². The van der Waals surface area contributed by atoms with Gasteiger partial charge in [0.15, 0.2) is 5.76 Å². The van der Waals surface area contributed by atoms with Crippen molar-refractivity contribution in [3.05, 3.63) is 78.8 Å². The van der Waals surface area contributed by atoms with E-state index in [-0.39, 0.29) is 11.7 Å². The van der Waals surface area contributed by atoms with Crippen LogP contribution in [-0.2, 0) is 0 Å². The molecule has 1 heterocycles. The van der Waals surface area contributed by atoms with Crippen molar-refractivity contribution in [1.82, 2.24) is 0 Å². The molecule has 0 aliphatic rings. The van der Waals surface area contributed by atoms with Crippen molar-refractivity contribution >= 4 is 19.4 Å². The van der Waals surface area contributed by atoms with Crippen LogP contribution in [0.3, 0.4) is 0 Å². The Balaban J connectivity index is 1.91. The molecule has 1 atom stereocenters. The van der Waals surface area contributed by atoms with Gasteiger partial charge in [0.1, 0.15) is 0 Å². The highest BCUT2D eigenvalue weighted by Gasteiger charge is 2.22. The molecule has 0 aliphatic heterocycles. The van der Waals surface area contributed by atoms with E-state index in [1.165, 1.54) is 11.2 Å². The fourth-order valence-electron chi connectivity index (χ4n) is 2.50. The second-order valence-electron chi connectivity index (χ2n) is 5.31. The Labute approximate surface area is 137 Å². The Bertz CT molecular complexity index is 765. The van der Waals surface area contributed by atoms with E-state index >= 15 is 0 Å². The zero-order valence-electron chi connectivity index (χ0n) is 12.8. The SMILES string of the molecule is [B]C(C)N(C(=O)c1ccco1)c1ccc(-c2ccccc2)cc1. The Morgan fingerprint density at radius 2 is 1.61 bits per heavy atom. The summed E-state index contributed by atoms with van der Waals surface area (Å²) in [5.74, 6) is -0.443. The molecule has 4 heteroatoms. The number of nitrogens with zero attached hydrogens (tertiary/aromatic N) is 1. The minimum absolute atomic E-state index is 0.252. The fourth-order valence-corrected chi connectivity index (χ4v) is 2.50. The first-order valence-electron chi connectivity index (χ1n) is 7.45. The maximum Gasteiger partial charge on any atom is 0.293 e. The van der Waals surface area contributed by atoms with Crippen LogP contribution in [0, 0.1) is 0 Å². The number of hydrogen-bond donors (Lipinski definition) is 0. The number of hydrogen-bond acceptors (Lipinski definition) is 2. The minimum Gasteiger partial charge on any atom is -0.459 e. The van der Waals surface area contributed by atoms with Crippen LogP contribution >= 0.6 is 0 Å². The second-order valence-corrected chi connectivity index (χ2v) is 5.31. The maximum absolute atomic E-state index is 12.6. The van der Waals surface area contributed by atoms with Crippen molar-refractivity contribution in [2.24, 2.45) is 0 Å². The van der Waals surface area contributed by atoms with Crippen LogP contribution in [0.15, 0.2) is 77.4 Å². The van der Waals surface area contributed by atoms with Gasteiger partial charge in [0.05, 0.1) is 14.1 Å². The third-order valence-electron chi connectivity index (χ3n) is 3.61. The summed E-state index contributed by atoms with van der Waals surface area (Å²) >= 11 is 0. The predicted molar refractivity (Wildman–Crippen MR) is 92.6 cm³/mol. The Morgan fingerprint density at radius 1 is 0.957 bits per heavy atom. The average Bonchev–Trinajstić information content (AvgIpc) is 3.11. The van der Waals surface area contributed by atoms with Crippen molar-refractivity contribution in [3.63, 3.8) is 0 Å². The molecule has 3 nitrogen and oxygen atoms in total. The van der Waals surface area contributed by atoms with Crippen LogP contribution in [-0.4, -0.2) is 19.7 Å². The summed E-state index contributed by atoms with van der Waals surface area (Å²) in [5, 5.41) is 0. The van der Waals surface area contributed by atoms with Crippen LogP contribution in [0.2, 0.25) is 0 Å². The van der Waals surface area contributed by atoms with Crippen LogP contribution in [0.5, 0.6) is 0 Å². The molecule has 1 unspecified atom stereocenters. The highest BCUT2D eigenvalue weighted by molar-refractivity contribution is 6.19. The number of rotatable bonds is 4. The summed E-state index contributed by atoms with van der Waals surface area (Å²) in [4.78, 5) is 14.1. The number of benzene rings is 2. The molecular weight excluding hydrogens is 285 g/mol. The molecule has 0 N–H and O–H groups in total. The molecule has 0 saturated carbocycles. The molecule has 3 rings (SSSR count). The van der Waals surface area contributed by atoms with Gasteiger partial charge in [0.25, 0.3) is 5.91 Å². The van der Waals surface area contributed by atoms with Gasteiger partial charge in [-0.3, -0.25) is 4.79 Å². The summed E-state index contributed by atoms with van der Waals surface area (Å²) < 4.78 is 5.19. The predicted octanol–water partition coefficient (Wildman–Crippen LogP) is 4.11. The van der Waals surface area contributed by atoms with Gasteiger partial charge in [-0.2, -0.15) is 0 Å². The highest BCUT2D eigenvalue weighted by atomic mass is 16.3. The van der Waals surface area contributed by atoms with Crippen molar-refractivity contribution in [2.75, 3.05) is 4.90 Å². The van der Waals surface area contributed by atoms with Gasteiger partial charge >= 0.3 is 0 Å². The summed E-state index contributed by atoms with van der Waals surface area (Å²) in [6, 6.07) is 21.2. The summed E-state index contributed by atoms with van der Waals surface area (Å²) in [6.45, 7) is 1.77. The van der Waals surface area contributed by atoms with Crippen molar-refractivity contribution < 1.29 is 9.21 Å². The normalized spacial score (nSPS) is 11.9. The Morgan fingerprint density at radius 3 is 2.17 bits per heavy atom. The topological polar surface area (TPSA) is 33.5 Å². The molecule has 3 aromatic rings. The average molecular weight is 301 g/mol. The van der Waals surface area contributed by atoms with Gasteiger partial charge in [-0.15, -0.1) is 0 Å². The Hall–Kier alpha value is -2.75. The first-order chi connectivity index (χ1) is 11.2. The number of carbonyl (C=O) groups is 1. The molecule has 2 aromatic carbocycles. The molecule has 0 saturated heterocycles. The van der Waals surface area contributed by atoms with Crippen molar-refractivity contribution in [2.45, 2.75) is 12.9 Å². The molecule has 1 amide bonds. The highest BCUT2D eigenvalue weighted by Crippen LogP contribution is 2.25. The van der Waals surface area contributed by atoms with Gasteiger partial charge in [-0.05, 0) is 41.3 Å². The fraction of sp³-hybridized carbons (Fsp3) is 0.105. The quantitative estimate of drug-likeness (QED) is 0.680. The standard InChI is InChI=1S/C19H16BNO2/c1-14(20)21(19(22)18-8-5-13-23-18)17-11-9-16(10-12-17)15-6-3-2-4-7-15/h2-14H,1H3.